The third-order valence-electron chi connectivity index (χ3n) is 7.57. The standard InChI is InChI=1S/C27H31Cl2F6N3/c28-20-12-7-13-21(29)25(20)22(15-36-14-18-8-3-1-4-9-18)37-16-23(26(30,31)32)38(19-10-5-2-6-11-19)24(17-37)27(33,34)35/h1,3-4,7-9,12-13,19,22-24,36H,2,5-6,10-11,14-17H2. The molecule has 11 heteroatoms. The first kappa shape index (κ1) is 29.5. The zero-order chi connectivity index (χ0) is 27.5. The fraction of sp³-hybridized carbons (Fsp3) is 0.556. The van der Waals surface area contributed by atoms with Crippen molar-refractivity contribution < 1.29 is 26.3 Å². The van der Waals surface area contributed by atoms with E-state index in [0.29, 0.717) is 37.8 Å². The maximum absolute atomic E-state index is 14.5. The highest BCUT2D eigenvalue weighted by molar-refractivity contribution is 6.36. The van der Waals surface area contributed by atoms with Crippen LogP contribution in [0.2, 0.25) is 10.0 Å². The first-order chi connectivity index (χ1) is 18.0. The van der Waals surface area contributed by atoms with Gasteiger partial charge >= 0.3 is 12.4 Å². The normalized spacial score (nSPS) is 23.5. The van der Waals surface area contributed by atoms with Crippen LogP contribution in [-0.4, -0.2) is 59.9 Å². The van der Waals surface area contributed by atoms with E-state index in [1.807, 2.05) is 30.3 Å². The van der Waals surface area contributed by atoms with Crippen LogP contribution in [0.5, 0.6) is 0 Å². The molecule has 2 aliphatic rings. The van der Waals surface area contributed by atoms with E-state index >= 15 is 0 Å². The van der Waals surface area contributed by atoms with Crippen LogP contribution in [0.1, 0.15) is 49.3 Å². The molecule has 0 radical (unpaired) electrons. The van der Waals surface area contributed by atoms with Crippen LogP contribution >= 0.6 is 23.2 Å². The predicted octanol–water partition coefficient (Wildman–Crippen LogP) is 7.64. The van der Waals surface area contributed by atoms with Gasteiger partial charge in [0.2, 0.25) is 0 Å². The van der Waals surface area contributed by atoms with Crippen LogP contribution in [0.4, 0.5) is 26.3 Å². The van der Waals surface area contributed by atoms with Gasteiger partial charge in [-0.3, -0.25) is 9.80 Å². The van der Waals surface area contributed by atoms with Gasteiger partial charge in [0.05, 0.1) is 6.04 Å². The molecule has 3 unspecified atom stereocenters. The minimum Gasteiger partial charge on any atom is -0.311 e. The number of alkyl halides is 6. The number of hydrogen-bond donors (Lipinski definition) is 1. The van der Waals surface area contributed by atoms with Crippen LogP contribution in [0.15, 0.2) is 48.5 Å². The molecule has 3 atom stereocenters. The summed E-state index contributed by atoms with van der Waals surface area (Å²) in [6, 6.07) is 7.84. The molecule has 210 valence electrons. The van der Waals surface area contributed by atoms with Crippen molar-refractivity contribution >= 4 is 23.2 Å². The molecule has 0 spiro atoms. The van der Waals surface area contributed by atoms with Gasteiger partial charge in [-0.25, -0.2) is 0 Å². The van der Waals surface area contributed by atoms with Crippen molar-refractivity contribution in [2.75, 3.05) is 19.6 Å². The molecule has 1 saturated carbocycles. The van der Waals surface area contributed by atoms with Crippen molar-refractivity contribution in [3.8, 4) is 0 Å². The summed E-state index contributed by atoms with van der Waals surface area (Å²) in [6.45, 7) is -0.762. The lowest BCUT2D eigenvalue weighted by Crippen LogP contribution is -2.70. The van der Waals surface area contributed by atoms with Gasteiger partial charge < -0.3 is 5.32 Å². The maximum Gasteiger partial charge on any atom is 0.405 e. The number of nitrogens with one attached hydrogen (secondary N) is 1. The van der Waals surface area contributed by atoms with Crippen LogP contribution < -0.4 is 5.32 Å². The van der Waals surface area contributed by atoms with Crippen LogP contribution in [-0.2, 0) is 6.54 Å². The number of hydrogen-bond acceptors (Lipinski definition) is 3. The quantitative estimate of drug-likeness (QED) is 0.339. The van der Waals surface area contributed by atoms with Gasteiger partial charge in [0, 0.05) is 47.8 Å². The average molecular weight is 582 g/mol. The van der Waals surface area contributed by atoms with Gasteiger partial charge in [-0.2, -0.15) is 26.3 Å². The largest absolute Gasteiger partial charge is 0.405 e. The molecular weight excluding hydrogens is 551 g/mol. The van der Waals surface area contributed by atoms with Gasteiger partial charge in [0.15, 0.2) is 0 Å². The van der Waals surface area contributed by atoms with Crippen LogP contribution in [0.3, 0.4) is 0 Å². The number of rotatable bonds is 7. The summed E-state index contributed by atoms with van der Waals surface area (Å²) in [5.41, 5.74) is 1.25. The molecule has 2 aromatic carbocycles. The highest BCUT2D eigenvalue weighted by atomic mass is 35.5. The maximum atomic E-state index is 14.5. The van der Waals surface area contributed by atoms with Gasteiger partial charge in [0.1, 0.15) is 12.1 Å². The van der Waals surface area contributed by atoms with Gasteiger partial charge in [0.25, 0.3) is 0 Å². The van der Waals surface area contributed by atoms with Gasteiger partial charge in [-0.05, 0) is 30.5 Å². The fourth-order valence-electron chi connectivity index (χ4n) is 5.80. The number of nitrogens with zero attached hydrogens (tertiary/aromatic N) is 2. The third-order valence-corrected chi connectivity index (χ3v) is 8.23. The lowest BCUT2D eigenvalue weighted by atomic mass is 9.89. The molecule has 0 aromatic heterocycles. The summed E-state index contributed by atoms with van der Waals surface area (Å²) in [5, 5.41) is 3.60. The Morgan fingerprint density at radius 2 is 1.34 bits per heavy atom. The fourth-order valence-corrected chi connectivity index (χ4v) is 6.45. The Kier molecular flexibility index (Phi) is 9.56. The Bertz CT molecular complexity index is 999. The van der Waals surface area contributed by atoms with Crippen molar-refractivity contribution in [3.05, 3.63) is 69.7 Å². The van der Waals surface area contributed by atoms with Crippen LogP contribution in [0.25, 0.3) is 0 Å². The van der Waals surface area contributed by atoms with Crippen molar-refractivity contribution in [2.45, 2.75) is 75.2 Å². The molecule has 1 aliphatic carbocycles. The second-order valence-electron chi connectivity index (χ2n) is 10.1. The lowest BCUT2D eigenvalue weighted by molar-refractivity contribution is -0.266. The summed E-state index contributed by atoms with van der Waals surface area (Å²) in [7, 11) is 0. The number of piperazine rings is 1. The lowest BCUT2D eigenvalue weighted by Gasteiger charge is -2.53. The van der Waals surface area contributed by atoms with E-state index in [4.69, 9.17) is 23.2 Å². The second-order valence-corrected chi connectivity index (χ2v) is 10.9. The van der Waals surface area contributed by atoms with Crippen LogP contribution in [0, 0.1) is 0 Å². The monoisotopic (exact) mass is 581 g/mol. The summed E-state index contributed by atoms with van der Waals surface area (Å²) < 4.78 is 86.9. The van der Waals surface area contributed by atoms with E-state index in [1.54, 1.807) is 18.2 Å². The Balaban J connectivity index is 1.70. The number of halogens is 8. The molecule has 0 bridgehead atoms. The van der Waals surface area contributed by atoms with Gasteiger partial charge in [-0.15, -0.1) is 0 Å². The number of benzene rings is 2. The average Bonchev–Trinajstić information content (AvgIpc) is 2.87. The van der Waals surface area contributed by atoms with E-state index in [2.05, 4.69) is 5.32 Å². The highest BCUT2D eigenvalue weighted by Crippen LogP contribution is 2.43. The SMILES string of the molecule is FC(F)(F)C1CN(C(CNCc2ccccc2)c2c(Cl)cccc2Cl)CC(C(F)(F)F)N1C1CCCCC1. The predicted molar refractivity (Wildman–Crippen MR) is 137 cm³/mol. The van der Waals surface area contributed by atoms with E-state index < -0.39 is 49.6 Å². The molecule has 1 heterocycles. The molecule has 4 rings (SSSR count). The highest BCUT2D eigenvalue weighted by Gasteiger charge is 2.58. The molecule has 1 N–H and O–H groups in total. The minimum atomic E-state index is -4.84. The van der Waals surface area contributed by atoms with Crippen molar-refractivity contribution in [3.63, 3.8) is 0 Å². The molecule has 3 nitrogen and oxygen atoms in total. The first-order valence-electron chi connectivity index (χ1n) is 12.8. The van der Waals surface area contributed by atoms with E-state index in [9.17, 15) is 26.3 Å². The molecule has 0 amide bonds. The Morgan fingerprint density at radius 3 is 1.87 bits per heavy atom. The van der Waals surface area contributed by atoms with E-state index in [0.717, 1.165) is 16.9 Å². The summed E-state index contributed by atoms with van der Waals surface area (Å²) in [4.78, 5) is 1.99. The summed E-state index contributed by atoms with van der Waals surface area (Å²) >= 11 is 12.9. The Labute approximate surface area is 229 Å². The summed E-state index contributed by atoms with van der Waals surface area (Å²) in [5.74, 6) is 0. The molecule has 2 aromatic rings. The smallest absolute Gasteiger partial charge is 0.311 e. The molecule has 38 heavy (non-hydrogen) atoms. The zero-order valence-electron chi connectivity index (χ0n) is 20.7. The topological polar surface area (TPSA) is 18.5 Å². The van der Waals surface area contributed by atoms with Crippen molar-refractivity contribution in [2.24, 2.45) is 0 Å². The second kappa shape index (κ2) is 12.3. The van der Waals surface area contributed by atoms with E-state index in [-0.39, 0.29) is 16.6 Å². The first-order valence-corrected chi connectivity index (χ1v) is 13.6. The van der Waals surface area contributed by atoms with E-state index in [1.165, 1.54) is 4.90 Å². The van der Waals surface area contributed by atoms with Crippen molar-refractivity contribution in [1.82, 2.24) is 15.1 Å². The van der Waals surface area contributed by atoms with Gasteiger partial charge in [-0.1, -0.05) is 78.9 Å². The Hall–Kier alpha value is -1.52. The molecule has 1 saturated heterocycles. The summed E-state index contributed by atoms with van der Waals surface area (Å²) in [6.07, 6.45) is -6.94. The minimum absolute atomic E-state index is 0.0664. The van der Waals surface area contributed by atoms with Crippen molar-refractivity contribution in [1.29, 1.82) is 0 Å². The molecular formula is C27H31Cl2F6N3. The molecule has 1 aliphatic heterocycles. The zero-order valence-corrected chi connectivity index (χ0v) is 22.2. The third kappa shape index (κ3) is 6.97. The Morgan fingerprint density at radius 1 is 0.789 bits per heavy atom. The molecule has 2 fully saturated rings.